The quantitative estimate of drug-likeness (QED) is 0.825. The van der Waals surface area contributed by atoms with Crippen molar-refractivity contribution in [3.63, 3.8) is 0 Å². The predicted octanol–water partition coefficient (Wildman–Crippen LogP) is 1.09. The summed E-state index contributed by atoms with van der Waals surface area (Å²) < 4.78 is 0. The normalized spacial score (nSPS) is 16.1. The minimum Gasteiger partial charge on any atom is -0.334 e. The summed E-state index contributed by atoms with van der Waals surface area (Å²) in [5.41, 5.74) is 1.06. The lowest BCUT2D eigenvalue weighted by Crippen LogP contribution is -2.51. The van der Waals surface area contributed by atoms with Crippen LogP contribution in [0, 0.1) is 0 Å². The number of carbonyl (C=O) groups is 1. The van der Waals surface area contributed by atoms with Crippen molar-refractivity contribution in [2.45, 2.75) is 6.54 Å². The van der Waals surface area contributed by atoms with Crippen LogP contribution >= 0.6 is 0 Å². The van der Waals surface area contributed by atoms with Gasteiger partial charge in [0, 0.05) is 51.7 Å². The number of aromatic nitrogens is 1. The lowest BCUT2D eigenvalue weighted by molar-refractivity contribution is 0.146. The molecule has 5 heteroatoms. The van der Waals surface area contributed by atoms with Gasteiger partial charge in [0.1, 0.15) is 0 Å². The molecule has 0 aliphatic carbocycles. The van der Waals surface area contributed by atoms with E-state index in [0.717, 1.165) is 38.3 Å². The molecule has 0 bridgehead atoms. The number of pyridine rings is 1. The fourth-order valence-electron chi connectivity index (χ4n) is 2.11. The van der Waals surface area contributed by atoms with Crippen LogP contribution in [0.5, 0.6) is 0 Å². The number of carbonyl (C=O) groups excluding carboxylic acids is 1. The number of piperazine rings is 1. The summed E-state index contributed by atoms with van der Waals surface area (Å²) in [7, 11) is 0. The highest BCUT2D eigenvalue weighted by Gasteiger charge is 2.19. The molecule has 1 aliphatic heterocycles. The van der Waals surface area contributed by atoms with Crippen molar-refractivity contribution >= 4 is 6.03 Å². The van der Waals surface area contributed by atoms with Gasteiger partial charge < -0.3 is 10.2 Å². The molecule has 2 rings (SSSR count). The fraction of sp³-hybridized carbons (Fsp3) is 0.429. The molecule has 0 saturated carbocycles. The van der Waals surface area contributed by atoms with Gasteiger partial charge in [-0.3, -0.25) is 9.88 Å². The molecule has 102 valence electrons. The second-order valence-electron chi connectivity index (χ2n) is 4.59. The third kappa shape index (κ3) is 4.06. The van der Waals surface area contributed by atoms with Gasteiger partial charge in [0.05, 0.1) is 0 Å². The summed E-state index contributed by atoms with van der Waals surface area (Å²) in [5.74, 6) is 0. The number of nitrogens with one attached hydrogen (secondary N) is 1. The number of urea groups is 1. The Hall–Kier alpha value is -1.88. The second kappa shape index (κ2) is 6.89. The van der Waals surface area contributed by atoms with E-state index in [1.807, 2.05) is 23.1 Å². The summed E-state index contributed by atoms with van der Waals surface area (Å²) in [4.78, 5) is 20.1. The van der Waals surface area contributed by atoms with Crippen molar-refractivity contribution in [3.8, 4) is 0 Å². The molecule has 0 spiro atoms. The number of nitrogens with zero attached hydrogens (tertiary/aromatic N) is 3. The molecule has 2 amide bonds. The molecule has 1 aromatic rings. The average molecular weight is 260 g/mol. The van der Waals surface area contributed by atoms with Crippen molar-refractivity contribution < 1.29 is 4.79 Å². The summed E-state index contributed by atoms with van der Waals surface area (Å²) in [5, 5.41) is 2.94. The number of amides is 2. The van der Waals surface area contributed by atoms with Crippen molar-refractivity contribution in [2.24, 2.45) is 0 Å². The maximum Gasteiger partial charge on any atom is 0.317 e. The molecule has 0 aromatic carbocycles. The van der Waals surface area contributed by atoms with Gasteiger partial charge in [0.15, 0.2) is 0 Å². The van der Waals surface area contributed by atoms with Gasteiger partial charge in [-0.15, -0.1) is 6.58 Å². The van der Waals surface area contributed by atoms with Gasteiger partial charge in [-0.25, -0.2) is 4.79 Å². The summed E-state index contributed by atoms with van der Waals surface area (Å²) in [6.07, 6.45) is 5.37. The van der Waals surface area contributed by atoms with Crippen molar-refractivity contribution in [3.05, 3.63) is 42.7 Å². The Morgan fingerprint density at radius 3 is 2.63 bits per heavy atom. The number of rotatable bonds is 4. The first kappa shape index (κ1) is 13.5. The van der Waals surface area contributed by atoms with Crippen LogP contribution in [0.1, 0.15) is 5.56 Å². The minimum atomic E-state index is 0.00932. The largest absolute Gasteiger partial charge is 0.334 e. The molecule has 1 aliphatic rings. The monoisotopic (exact) mass is 260 g/mol. The molecule has 0 unspecified atom stereocenters. The molecule has 19 heavy (non-hydrogen) atoms. The molecule has 1 N–H and O–H groups in total. The van der Waals surface area contributed by atoms with Crippen LogP contribution in [0.3, 0.4) is 0 Å². The maximum absolute atomic E-state index is 12.0. The van der Waals surface area contributed by atoms with Gasteiger partial charge in [-0.05, 0) is 17.7 Å². The van der Waals surface area contributed by atoms with Crippen LogP contribution in [-0.2, 0) is 6.54 Å². The highest BCUT2D eigenvalue weighted by atomic mass is 16.2. The lowest BCUT2D eigenvalue weighted by Gasteiger charge is -2.34. The van der Waals surface area contributed by atoms with Crippen LogP contribution in [0.15, 0.2) is 37.2 Å². The Labute approximate surface area is 113 Å². The van der Waals surface area contributed by atoms with Crippen LogP contribution in [0.25, 0.3) is 0 Å². The van der Waals surface area contributed by atoms with E-state index in [4.69, 9.17) is 0 Å². The van der Waals surface area contributed by atoms with E-state index in [2.05, 4.69) is 21.8 Å². The van der Waals surface area contributed by atoms with Gasteiger partial charge in [0.2, 0.25) is 0 Å². The SMILES string of the molecule is C=CCN1CCN(C(=O)NCc2ccncc2)CC1. The van der Waals surface area contributed by atoms with Crippen molar-refractivity contribution in [1.29, 1.82) is 0 Å². The molecular weight excluding hydrogens is 240 g/mol. The lowest BCUT2D eigenvalue weighted by atomic mass is 10.3. The molecular formula is C14H20N4O. The Balaban J connectivity index is 1.74. The van der Waals surface area contributed by atoms with Crippen LogP contribution in [0.4, 0.5) is 4.79 Å². The maximum atomic E-state index is 12.0. The Bertz CT molecular complexity index is 413. The van der Waals surface area contributed by atoms with Gasteiger partial charge in [-0.2, -0.15) is 0 Å². The van der Waals surface area contributed by atoms with Gasteiger partial charge >= 0.3 is 6.03 Å². The average Bonchev–Trinajstić information content (AvgIpc) is 2.47. The second-order valence-corrected chi connectivity index (χ2v) is 4.59. The van der Waals surface area contributed by atoms with Crippen LogP contribution in [0.2, 0.25) is 0 Å². The van der Waals surface area contributed by atoms with E-state index < -0.39 is 0 Å². The van der Waals surface area contributed by atoms with Gasteiger partial charge in [-0.1, -0.05) is 6.08 Å². The molecule has 2 heterocycles. The fourth-order valence-corrected chi connectivity index (χ4v) is 2.11. The highest BCUT2D eigenvalue weighted by molar-refractivity contribution is 5.74. The molecule has 5 nitrogen and oxygen atoms in total. The first-order valence-electron chi connectivity index (χ1n) is 6.54. The van der Waals surface area contributed by atoms with Crippen LogP contribution in [-0.4, -0.2) is 53.5 Å². The molecule has 0 radical (unpaired) electrons. The molecule has 1 aromatic heterocycles. The Morgan fingerprint density at radius 1 is 1.32 bits per heavy atom. The first-order valence-corrected chi connectivity index (χ1v) is 6.54. The van der Waals surface area contributed by atoms with Crippen molar-refractivity contribution in [1.82, 2.24) is 20.1 Å². The predicted molar refractivity (Wildman–Crippen MR) is 74.7 cm³/mol. The molecule has 1 saturated heterocycles. The topological polar surface area (TPSA) is 48.5 Å². The van der Waals surface area contributed by atoms with E-state index in [9.17, 15) is 4.79 Å². The minimum absolute atomic E-state index is 0.00932. The third-order valence-corrected chi connectivity index (χ3v) is 3.24. The van der Waals surface area contributed by atoms with E-state index in [1.54, 1.807) is 12.4 Å². The number of hydrogen-bond donors (Lipinski definition) is 1. The van der Waals surface area contributed by atoms with Crippen LogP contribution < -0.4 is 5.32 Å². The van der Waals surface area contributed by atoms with E-state index in [1.165, 1.54) is 0 Å². The summed E-state index contributed by atoms with van der Waals surface area (Å²) >= 11 is 0. The number of hydrogen-bond acceptors (Lipinski definition) is 3. The van der Waals surface area contributed by atoms with E-state index in [0.29, 0.717) is 6.54 Å². The molecule has 1 fully saturated rings. The summed E-state index contributed by atoms with van der Waals surface area (Å²) in [6, 6.07) is 3.82. The van der Waals surface area contributed by atoms with Gasteiger partial charge in [0.25, 0.3) is 0 Å². The van der Waals surface area contributed by atoms with Crippen molar-refractivity contribution in [2.75, 3.05) is 32.7 Å². The Kier molecular flexibility index (Phi) is 4.92. The zero-order valence-electron chi connectivity index (χ0n) is 11.1. The molecule has 0 atom stereocenters. The smallest absolute Gasteiger partial charge is 0.317 e. The zero-order valence-corrected chi connectivity index (χ0v) is 11.1. The standard InChI is InChI=1S/C14H20N4O/c1-2-7-17-8-10-18(11-9-17)14(19)16-12-13-3-5-15-6-4-13/h2-6H,1,7-12H2,(H,16,19). The first-order chi connectivity index (χ1) is 9.29. The highest BCUT2D eigenvalue weighted by Crippen LogP contribution is 2.02. The Morgan fingerprint density at radius 2 is 2.00 bits per heavy atom. The zero-order chi connectivity index (χ0) is 13.5. The van der Waals surface area contributed by atoms with E-state index in [-0.39, 0.29) is 6.03 Å². The third-order valence-electron chi connectivity index (χ3n) is 3.24. The van der Waals surface area contributed by atoms with E-state index >= 15 is 0 Å². The summed E-state index contributed by atoms with van der Waals surface area (Å²) in [6.45, 7) is 8.55.